The van der Waals surface area contributed by atoms with E-state index in [4.69, 9.17) is 16.7 Å². The van der Waals surface area contributed by atoms with Gasteiger partial charge in [-0.05, 0) is 6.92 Å². The third-order valence-corrected chi connectivity index (χ3v) is 1.23. The fourth-order valence-corrected chi connectivity index (χ4v) is 0.708. The second-order valence-electron chi connectivity index (χ2n) is 1.87. The Hall–Kier alpha value is -0.660. The molecule has 0 saturated heterocycles. The van der Waals surface area contributed by atoms with Crippen molar-refractivity contribution in [3.05, 3.63) is 0 Å². The van der Waals surface area contributed by atoms with Gasteiger partial charge in [0.15, 0.2) is 0 Å². The van der Waals surface area contributed by atoms with E-state index in [1.807, 2.05) is 6.07 Å². The number of nitrogens with two attached hydrogens (primary N) is 2. The summed E-state index contributed by atoms with van der Waals surface area (Å²) in [5.41, 5.74) is 10.5. The van der Waals surface area contributed by atoms with E-state index in [2.05, 4.69) is 12.2 Å². The van der Waals surface area contributed by atoms with Crippen molar-refractivity contribution in [3.63, 3.8) is 0 Å². The van der Waals surface area contributed by atoms with Gasteiger partial charge >= 0.3 is 0 Å². The van der Waals surface area contributed by atoms with Crippen molar-refractivity contribution in [2.45, 2.75) is 13.0 Å². The van der Waals surface area contributed by atoms with E-state index in [9.17, 15) is 0 Å². The molecule has 3 nitrogen and oxygen atoms in total. The van der Waals surface area contributed by atoms with Gasteiger partial charge in [0.2, 0.25) is 0 Å². The molecule has 0 fully saturated rings. The Balaban J connectivity index is 4.04. The van der Waals surface area contributed by atoms with Crippen LogP contribution in [0.2, 0.25) is 0 Å². The molecular weight excluding hydrogens is 134 g/mol. The van der Waals surface area contributed by atoms with E-state index in [1.54, 1.807) is 6.92 Å². The lowest BCUT2D eigenvalue weighted by Crippen LogP contribution is -2.34. The van der Waals surface area contributed by atoms with E-state index < -0.39 is 5.92 Å². The standard InChI is InChI=1S/C5H9N3S/c1-3(7)4(2-6)5(8)9/h3-4H,7H2,1H3,(H2,8,9)/t3-,4+/m0/s1. The normalized spacial score (nSPS) is 15.7. The lowest BCUT2D eigenvalue weighted by atomic mass is 10.1. The molecule has 0 aliphatic carbocycles. The Bertz CT molecular complexity index is 147. The van der Waals surface area contributed by atoms with E-state index in [-0.39, 0.29) is 11.0 Å². The maximum atomic E-state index is 8.37. The Labute approximate surface area is 59.6 Å². The van der Waals surface area contributed by atoms with Crippen LogP contribution in [0.3, 0.4) is 0 Å². The van der Waals surface area contributed by atoms with Gasteiger partial charge < -0.3 is 11.5 Å². The van der Waals surface area contributed by atoms with Gasteiger partial charge in [-0.25, -0.2) is 0 Å². The minimum atomic E-state index is -0.486. The largest absolute Gasteiger partial charge is 0.392 e. The molecule has 0 bridgehead atoms. The number of rotatable bonds is 2. The summed E-state index contributed by atoms with van der Waals surface area (Å²) in [7, 11) is 0. The molecule has 0 spiro atoms. The highest BCUT2D eigenvalue weighted by atomic mass is 32.1. The van der Waals surface area contributed by atoms with Crippen LogP contribution >= 0.6 is 12.2 Å². The second kappa shape index (κ2) is 3.38. The minimum absolute atomic E-state index is 0.174. The van der Waals surface area contributed by atoms with Gasteiger partial charge in [-0.1, -0.05) is 12.2 Å². The van der Waals surface area contributed by atoms with Crippen LogP contribution in [0.25, 0.3) is 0 Å². The monoisotopic (exact) mass is 143 g/mol. The highest BCUT2D eigenvalue weighted by molar-refractivity contribution is 7.80. The topological polar surface area (TPSA) is 75.8 Å². The van der Waals surface area contributed by atoms with E-state index in [0.29, 0.717) is 0 Å². The number of nitrogens with zero attached hydrogens (tertiary/aromatic N) is 1. The smallest absolute Gasteiger partial charge is 0.111 e. The van der Waals surface area contributed by atoms with Gasteiger partial charge in [-0.2, -0.15) is 5.26 Å². The molecule has 0 aromatic rings. The zero-order chi connectivity index (χ0) is 7.44. The molecule has 4 N–H and O–H groups in total. The molecular formula is C5H9N3S. The summed E-state index contributed by atoms with van der Waals surface area (Å²) in [6, 6.07) is 1.64. The molecule has 0 aromatic heterocycles. The summed E-state index contributed by atoms with van der Waals surface area (Å²) in [4.78, 5) is 0.174. The van der Waals surface area contributed by atoms with Crippen molar-refractivity contribution >= 4 is 17.2 Å². The van der Waals surface area contributed by atoms with E-state index >= 15 is 0 Å². The fourth-order valence-electron chi connectivity index (χ4n) is 0.440. The average Bonchev–Trinajstić information content (AvgIpc) is 1.64. The maximum Gasteiger partial charge on any atom is 0.111 e. The zero-order valence-corrected chi connectivity index (χ0v) is 5.98. The van der Waals surface area contributed by atoms with Gasteiger partial charge in [0.25, 0.3) is 0 Å². The predicted molar refractivity (Wildman–Crippen MR) is 39.5 cm³/mol. The van der Waals surface area contributed by atoms with Crippen LogP contribution in [0.5, 0.6) is 0 Å². The van der Waals surface area contributed by atoms with E-state index in [0.717, 1.165) is 0 Å². The van der Waals surface area contributed by atoms with E-state index in [1.165, 1.54) is 0 Å². The first-order chi connectivity index (χ1) is 4.09. The lowest BCUT2D eigenvalue weighted by Gasteiger charge is -2.09. The zero-order valence-electron chi connectivity index (χ0n) is 5.16. The Morgan fingerprint density at radius 3 is 2.22 bits per heavy atom. The summed E-state index contributed by atoms with van der Waals surface area (Å²) in [5.74, 6) is -0.486. The molecule has 50 valence electrons. The van der Waals surface area contributed by atoms with Crippen molar-refractivity contribution in [2.24, 2.45) is 17.4 Å². The molecule has 9 heavy (non-hydrogen) atoms. The minimum Gasteiger partial charge on any atom is -0.392 e. The lowest BCUT2D eigenvalue weighted by molar-refractivity contribution is 0.676. The van der Waals surface area contributed by atoms with Gasteiger partial charge in [-0.15, -0.1) is 0 Å². The third-order valence-electron chi connectivity index (χ3n) is 0.971. The van der Waals surface area contributed by atoms with Crippen LogP contribution in [-0.2, 0) is 0 Å². The molecule has 0 radical (unpaired) electrons. The molecule has 0 aliphatic rings. The number of hydrogen-bond donors (Lipinski definition) is 2. The molecule has 0 saturated carbocycles. The van der Waals surface area contributed by atoms with Crippen molar-refractivity contribution in [2.75, 3.05) is 0 Å². The molecule has 0 heterocycles. The molecule has 0 aromatic carbocycles. The first kappa shape index (κ1) is 8.34. The van der Waals surface area contributed by atoms with Crippen molar-refractivity contribution in [3.8, 4) is 6.07 Å². The quantitative estimate of drug-likeness (QED) is 0.523. The van der Waals surface area contributed by atoms with Crippen LogP contribution in [0.1, 0.15) is 6.92 Å². The number of nitriles is 1. The predicted octanol–water partition coefficient (Wildman–Crippen LogP) is -0.241. The number of hydrogen-bond acceptors (Lipinski definition) is 3. The van der Waals surface area contributed by atoms with Crippen LogP contribution in [0.4, 0.5) is 0 Å². The Kier molecular flexibility index (Phi) is 3.13. The van der Waals surface area contributed by atoms with Crippen LogP contribution < -0.4 is 11.5 Å². The second-order valence-corrected chi connectivity index (χ2v) is 2.34. The van der Waals surface area contributed by atoms with Gasteiger partial charge in [0, 0.05) is 6.04 Å². The molecule has 2 atom stereocenters. The Morgan fingerprint density at radius 1 is 1.78 bits per heavy atom. The maximum absolute atomic E-state index is 8.37. The van der Waals surface area contributed by atoms with Crippen LogP contribution in [0.15, 0.2) is 0 Å². The molecule has 0 amide bonds. The van der Waals surface area contributed by atoms with Crippen molar-refractivity contribution in [1.29, 1.82) is 5.26 Å². The molecule has 0 rings (SSSR count). The Morgan fingerprint density at radius 2 is 2.22 bits per heavy atom. The molecule has 4 heteroatoms. The van der Waals surface area contributed by atoms with Crippen molar-refractivity contribution < 1.29 is 0 Å². The summed E-state index contributed by atoms with van der Waals surface area (Å²) in [6.45, 7) is 1.70. The van der Waals surface area contributed by atoms with Crippen molar-refractivity contribution in [1.82, 2.24) is 0 Å². The first-order valence-corrected chi connectivity index (χ1v) is 2.95. The summed E-state index contributed by atoms with van der Waals surface area (Å²) in [6.07, 6.45) is 0. The van der Waals surface area contributed by atoms with Crippen LogP contribution in [0, 0.1) is 17.2 Å². The van der Waals surface area contributed by atoms with Gasteiger partial charge in [0.1, 0.15) is 5.92 Å². The van der Waals surface area contributed by atoms with Crippen LogP contribution in [-0.4, -0.2) is 11.0 Å². The SMILES string of the molecule is C[C@H](N)[C@@H](C#N)C(N)=S. The molecule has 0 aliphatic heterocycles. The van der Waals surface area contributed by atoms with Gasteiger partial charge in [0.05, 0.1) is 11.1 Å². The summed E-state index contributed by atoms with van der Waals surface area (Å²) in [5, 5.41) is 8.37. The average molecular weight is 143 g/mol. The molecule has 0 unspecified atom stereocenters. The third kappa shape index (κ3) is 2.40. The van der Waals surface area contributed by atoms with Gasteiger partial charge in [-0.3, -0.25) is 0 Å². The summed E-state index contributed by atoms with van der Waals surface area (Å²) >= 11 is 4.57. The fraction of sp³-hybridized carbons (Fsp3) is 0.600. The number of thiocarbonyl (C=S) groups is 1. The first-order valence-electron chi connectivity index (χ1n) is 2.54. The highest BCUT2D eigenvalue weighted by Gasteiger charge is 2.14. The highest BCUT2D eigenvalue weighted by Crippen LogP contribution is 1.98. The summed E-state index contributed by atoms with van der Waals surface area (Å²) < 4.78 is 0.